The summed E-state index contributed by atoms with van der Waals surface area (Å²) in [5.74, 6) is -0.617. The maximum atomic E-state index is 11.1. The van der Waals surface area contributed by atoms with Crippen LogP contribution in [0.15, 0.2) is 53.3 Å². The Labute approximate surface area is 239 Å². The van der Waals surface area contributed by atoms with Crippen molar-refractivity contribution < 1.29 is 30.8 Å². The summed E-state index contributed by atoms with van der Waals surface area (Å²) in [4.78, 5) is 26.4. The van der Waals surface area contributed by atoms with Crippen LogP contribution in [0.4, 0.5) is 5.69 Å². The van der Waals surface area contributed by atoms with Crippen molar-refractivity contribution in [2.75, 3.05) is 31.1 Å². The Balaban J connectivity index is 0.00000400. The fourth-order valence-electron chi connectivity index (χ4n) is 5.23. The quantitative estimate of drug-likeness (QED) is 0.210. The molecule has 2 unspecified atom stereocenters. The molecule has 2 aliphatic carbocycles. The zero-order valence-electron chi connectivity index (χ0n) is 24.7. The number of rotatable bonds is 15. The lowest BCUT2D eigenvalue weighted by Crippen LogP contribution is -2.45. The number of benzene rings is 1. The monoisotopic (exact) mass is 558 g/mol. The van der Waals surface area contributed by atoms with Crippen molar-refractivity contribution in [3.8, 4) is 5.75 Å². The molecule has 3 rings (SSSR count). The van der Waals surface area contributed by atoms with E-state index in [9.17, 15) is 19.8 Å². The molecular weight excluding hydrogens is 508 g/mol. The van der Waals surface area contributed by atoms with Gasteiger partial charge in [0.1, 0.15) is 17.8 Å². The van der Waals surface area contributed by atoms with Gasteiger partial charge in [0.15, 0.2) is 0 Å². The number of phenols is 1. The second kappa shape index (κ2) is 17.0. The van der Waals surface area contributed by atoms with Gasteiger partial charge in [0.2, 0.25) is 0 Å². The molecule has 1 aromatic rings. The van der Waals surface area contributed by atoms with Crippen molar-refractivity contribution in [2.45, 2.75) is 91.1 Å². The second-order valence-electron chi connectivity index (χ2n) is 10.6. The molecule has 1 aromatic carbocycles. The Morgan fingerprint density at radius 1 is 0.775 bits per heavy atom. The van der Waals surface area contributed by atoms with Gasteiger partial charge in [0, 0.05) is 49.2 Å². The minimum Gasteiger partial charge on any atom is -0.870 e. The predicted octanol–water partition coefficient (Wildman–Crippen LogP) is 5.65. The number of hydrogen-bond acceptors (Lipinski definition) is 6. The minimum atomic E-state index is -1.02. The highest BCUT2D eigenvalue weighted by atomic mass is 16.3. The molecule has 40 heavy (non-hydrogen) atoms. The molecule has 224 valence electrons. The fraction of sp³-hybridized carbons (Fsp3) is 0.562. The van der Waals surface area contributed by atoms with Crippen LogP contribution < -0.4 is 4.90 Å². The van der Waals surface area contributed by atoms with Crippen LogP contribution in [-0.2, 0) is 0 Å². The normalized spacial score (nSPS) is 19.9. The summed E-state index contributed by atoms with van der Waals surface area (Å²) < 4.78 is 0. The van der Waals surface area contributed by atoms with Crippen LogP contribution in [0.2, 0.25) is 0 Å². The van der Waals surface area contributed by atoms with E-state index >= 15 is 0 Å². The molecule has 0 aliphatic heterocycles. The number of aromatic hydroxyl groups is 1. The van der Waals surface area contributed by atoms with Gasteiger partial charge in [0.05, 0.1) is 17.2 Å². The zero-order valence-corrected chi connectivity index (χ0v) is 24.7. The predicted molar refractivity (Wildman–Crippen MR) is 162 cm³/mol. The van der Waals surface area contributed by atoms with Gasteiger partial charge in [-0.15, -0.1) is 0 Å². The van der Waals surface area contributed by atoms with Gasteiger partial charge in [-0.2, -0.15) is 0 Å². The molecule has 2 aliphatic rings. The van der Waals surface area contributed by atoms with E-state index in [1.807, 2.05) is 12.1 Å². The summed E-state index contributed by atoms with van der Waals surface area (Å²) in [7, 11) is 0. The number of allylic oxidation sites excluding steroid dienone is 4. The molecule has 8 nitrogen and oxygen atoms in total. The van der Waals surface area contributed by atoms with Gasteiger partial charge in [-0.3, -0.25) is 9.59 Å². The van der Waals surface area contributed by atoms with Crippen molar-refractivity contribution >= 4 is 17.3 Å². The number of aliphatic hydroxyl groups is 1. The Morgan fingerprint density at radius 2 is 1.30 bits per heavy atom. The number of carbonyl (C=O) groups excluding carboxylic acids is 2. The molecule has 0 heterocycles. The maximum absolute atomic E-state index is 11.1. The molecule has 0 amide bonds. The van der Waals surface area contributed by atoms with E-state index in [1.54, 1.807) is 24.3 Å². The molecule has 8 heteroatoms. The van der Waals surface area contributed by atoms with E-state index in [1.165, 1.54) is 0 Å². The van der Waals surface area contributed by atoms with Gasteiger partial charge in [-0.1, -0.05) is 59.4 Å². The lowest BCUT2D eigenvalue weighted by Gasteiger charge is -2.32. The third-order valence-corrected chi connectivity index (χ3v) is 7.66. The minimum absolute atomic E-state index is 0. The Kier molecular flexibility index (Phi) is 14.9. The van der Waals surface area contributed by atoms with Crippen molar-refractivity contribution in [1.29, 1.82) is 0 Å². The van der Waals surface area contributed by atoms with Crippen LogP contribution in [0.5, 0.6) is 5.75 Å². The number of aliphatic hydroxyl groups excluding tert-OH is 1. The van der Waals surface area contributed by atoms with Crippen molar-refractivity contribution in [1.82, 2.24) is 4.90 Å². The number of nitrogens with zero attached hydrogens (tertiary/aromatic N) is 2. The smallest absolute Gasteiger partial charge is 0.349 e. The number of hydrogen-bond donors (Lipinski definition) is 2. The van der Waals surface area contributed by atoms with E-state index < -0.39 is 12.0 Å². The molecule has 6 N–H and O–H groups in total. The third kappa shape index (κ3) is 8.05. The zero-order chi connectivity index (χ0) is 27.7. The van der Waals surface area contributed by atoms with E-state index in [0.29, 0.717) is 16.7 Å². The molecule has 0 radical (unpaired) electrons. The Bertz CT molecular complexity index is 1060. The Morgan fingerprint density at radius 3 is 1.75 bits per heavy atom. The van der Waals surface area contributed by atoms with Gasteiger partial charge >= 0.3 is 11.6 Å². The van der Waals surface area contributed by atoms with Gasteiger partial charge in [0.25, 0.3) is 0 Å². The number of anilines is 1. The molecule has 0 aromatic heterocycles. The van der Waals surface area contributed by atoms with Gasteiger partial charge in [-0.25, -0.2) is 0 Å². The largest absolute Gasteiger partial charge is 0.870 e. The van der Waals surface area contributed by atoms with Gasteiger partial charge < -0.3 is 31.0 Å². The molecule has 1 saturated carbocycles. The SMILES string of the molecule is CCCCN(CCCC)C1=CC(=[OH+])C(=C2C(=[OH+])C(c3ccc(N(CCCC)CCCC)cc3O)C2O)C=C1.[OH-].[OH-]. The highest BCUT2D eigenvalue weighted by Crippen LogP contribution is 2.44. The van der Waals surface area contributed by atoms with Crippen LogP contribution in [0, 0.1) is 0 Å². The number of unbranched alkanes of at least 4 members (excludes halogenated alkanes) is 4. The summed E-state index contributed by atoms with van der Waals surface area (Å²) >= 11 is 0. The molecular formula is C32H50N2O6. The first-order valence-corrected chi connectivity index (χ1v) is 14.6. The van der Waals surface area contributed by atoms with Crippen LogP contribution in [0.25, 0.3) is 0 Å². The number of phenolic OH excluding ortho intramolecular Hbond substituents is 1. The van der Waals surface area contributed by atoms with Crippen LogP contribution >= 0.6 is 0 Å². The van der Waals surface area contributed by atoms with Crippen molar-refractivity contribution in [2.24, 2.45) is 0 Å². The first-order valence-electron chi connectivity index (χ1n) is 14.6. The topological polar surface area (TPSA) is 150 Å². The molecule has 1 fully saturated rings. The Hall–Kier alpha value is -2.94. The van der Waals surface area contributed by atoms with Crippen LogP contribution in [-0.4, -0.2) is 79.5 Å². The molecule has 0 bridgehead atoms. The molecule has 2 atom stereocenters. The highest BCUT2D eigenvalue weighted by Gasteiger charge is 2.54. The first-order chi connectivity index (χ1) is 18.4. The standard InChI is InChI=1S/C32H46N2O4.2H2O/c1-5-9-17-33(18-10-6-2)23-13-15-25(27(35)21-23)29-31(37)30(32(29)38)26-16-14-24(22-28(26)36)34(19-11-7-3)20-12-8-4;;/h13-16,21-22,29,31,35,37H,5-12,17-20H2,1-4H3;2*1H2. The third-order valence-electron chi connectivity index (χ3n) is 7.66. The maximum Gasteiger partial charge on any atom is 0.349 e. The highest BCUT2D eigenvalue weighted by molar-refractivity contribution is 6.20. The number of ketones is 2. The summed E-state index contributed by atoms with van der Waals surface area (Å²) in [6.07, 6.45) is 13.2. The fourth-order valence-corrected chi connectivity index (χ4v) is 5.23. The summed E-state index contributed by atoms with van der Waals surface area (Å²) in [6, 6.07) is 5.51. The van der Waals surface area contributed by atoms with Crippen LogP contribution in [0.1, 0.15) is 90.5 Å². The van der Waals surface area contributed by atoms with E-state index in [4.69, 9.17) is 0 Å². The second-order valence-corrected chi connectivity index (χ2v) is 10.6. The first kappa shape index (κ1) is 35.1. The van der Waals surface area contributed by atoms with Gasteiger partial charge in [-0.05, 0) is 43.9 Å². The van der Waals surface area contributed by atoms with Crippen LogP contribution in [0.3, 0.4) is 0 Å². The lowest BCUT2D eigenvalue weighted by atomic mass is 9.68. The van der Waals surface area contributed by atoms with E-state index in [2.05, 4.69) is 37.5 Å². The summed E-state index contributed by atoms with van der Waals surface area (Å²) in [6.45, 7) is 12.4. The van der Waals surface area contributed by atoms with Crippen molar-refractivity contribution in [3.63, 3.8) is 0 Å². The average Bonchev–Trinajstić information content (AvgIpc) is 2.91. The molecule has 0 saturated heterocycles. The van der Waals surface area contributed by atoms with E-state index in [0.717, 1.165) is 88.9 Å². The average molecular weight is 559 g/mol. The summed E-state index contributed by atoms with van der Waals surface area (Å²) in [5, 5.41) is 21.9. The van der Waals surface area contributed by atoms with E-state index in [-0.39, 0.29) is 28.3 Å². The summed E-state index contributed by atoms with van der Waals surface area (Å²) in [5.41, 5.74) is 3.15. The van der Waals surface area contributed by atoms with Crippen molar-refractivity contribution in [3.05, 3.63) is 58.8 Å². The lowest BCUT2D eigenvalue weighted by molar-refractivity contribution is 0.178. The molecule has 0 spiro atoms.